The molecule has 12 aromatic heterocycles. The van der Waals surface area contributed by atoms with E-state index in [9.17, 15) is 0 Å². The third-order valence-corrected chi connectivity index (χ3v) is 12.1. The highest BCUT2D eigenvalue weighted by molar-refractivity contribution is 5.76. The van der Waals surface area contributed by atoms with E-state index in [0.717, 1.165) is 168 Å². The smallest absolute Gasteiger partial charge is 0.201 e. The number of rotatable bonds is 12. The number of hydrogen-bond acceptors (Lipinski definition) is 15. The van der Waals surface area contributed by atoms with Gasteiger partial charge in [-0.15, -0.1) is 30.6 Å². The van der Waals surface area contributed by atoms with E-state index in [0.29, 0.717) is 0 Å². The molecular weight excluding hydrogens is 1460 g/mol. The highest BCUT2D eigenvalue weighted by atomic mass is 15.4. The van der Waals surface area contributed by atoms with Crippen molar-refractivity contribution in [3.8, 4) is 0 Å². The predicted octanol–water partition coefficient (Wildman–Crippen LogP) is 33.8. The lowest BCUT2D eigenvalue weighted by Crippen LogP contribution is -1.99. The van der Waals surface area contributed by atoms with E-state index in [2.05, 4.69) is 173 Å². The van der Waals surface area contributed by atoms with E-state index < -0.39 is 0 Å². The lowest BCUT2D eigenvalue weighted by atomic mass is 10.3. The molecule has 0 N–H and O–H groups in total. The summed E-state index contributed by atoms with van der Waals surface area (Å²) in [5.41, 5.74) is 15.2. The fraction of sp³-hybridized carbons (Fsp3) is 0.660. The fourth-order valence-corrected chi connectivity index (χ4v) is 8.56. The van der Waals surface area contributed by atoms with Gasteiger partial charge in [-0.25, -0.2) is 29.6 Å². The minimum atomic E-state index is 0. The number of nitrogens with zero attached hydrogens (tertiary/aromatic N) is 21. The molecule has 118 heavy (non-hydrogen) atoms. The molecule has 706 valence electrons. The first-order valence-electron chi connectivity index (χ1n) is 44.2. The summed E-state index contributed by atoms with van der Waals surface area (Å²) in [6, 6.07) is 14.3. The summed E-state index contributed by atoms with van der Waals surface area (Å²) < 4.78 is 12.5. The molecule has 21 heteroatoms. The fourth-order valence-electron chi connectivity index (χ4n) is 8.56. The van der Waals surface area contributed by atoms with Crippen molar-refractivity contribution in [3.63, 3.8) is 0 Å². The van der Waals surface area contributed by atoms with Crippen LogP contribution in [0.3, 0.4) is 0 Å². The maximum atomic E-state index is 4.35. The van der Waals surface area contributed by atoms with Crippen LogP contribution in [-0.4, -0.2) is 104 Å². The van der Waals surface area contributed by atoms with E-state index in [1.807, 2.05) is 341 Å². The zero-order valence-electron chi connectivity index (χ0n) is 81.5. The molecule has 0 aliphatic carbocycles. The van der Waals surface area contributed by atoms with Gasteiger partial charge >= 0.3 is 0 Å². The van der Waals surface area contributed by atoms with Crippen LogP contribution in [0, 0.1) is 41.5 Å². The van der Waals surface area contributed by atoms with Crippen LogP contribution in [-0.2, 0) is 39.3 Å². The third kappa shape index (κ3) is 60.9. The Balaban J connectivity index is -0.0000000431. The average molecular weight is 1680 g/mol. The van der Waals surface area contributed by atoms with Gasteiger partial charge in [-0.3, -0.25) is 9.67 Å². The highest BCUT2D eigenvalue weighted by Crippen LogP contribution is 2.17. The van der Waals surface area contributed by atoms with Gasteiger partial charge in [0.15, 0.2) is 11.3 Å². The Morgan fingerprint density at radius 3 is 1.08 bits per heavy atom. The Hall–Kier alpha value is -8.49. The monoisotopic (exact) mass is 1680 g/mol. The molecule has 0 amide bonds. The molecule has 0 aliphatic rings. The van der Waals surface area contributed by atoms with Crippen molar-refractivity contribution < 1.29 is 8.56 Å². The zero-order valence-corrected chi connectivity index (χ0v) is 81.5. The normalized spacial score (nSPS) is 8.08. The van der Waals surface area contributed by atoms with Crippen LogP contribution in [0.25, 0.3) is 66.6 Å². The van der Waals surface area contributed by atoms with Gasteiger partial charge < -0.3 is 18.3 Å². The molecule has 0 bridgehead atoms. The first kappa shape index (κ1) is 151. The Labute approximate surface area is 742 Å². The number of fused-ring (bicyclic) bond motifs is 6. The highest BCUT2D eigenvalue weighted by Gasteiger charge is 2.08. The largest absolute Gasteiger partial charge is 0.346 e. The SMILES string of the molecule is C.C.C.C.C.C.CC.CC.CC.CC.CC.CC.CC.CC.CC.CC.CC.CC.CC.CC.CC.CC.CC.CCCn1ccc2nc(C)ncc21.CCCn1ccc2nc(C)nnc21.CCCn1ccc2nnc(C)cc21.CCCn1ccc2nnc(C)nc21.CCCn1ncc2ncc(C)cc21.CCCn1nnc2ncc(C)cc21.[2HH].[2HH].[2HH].[2HH].[2HH].[2HH]. The molecule has 0 aliphatic heterocycles. The molecule has 0 saturated carbocycles. The summed E-state index contributed by atoms with van der Waals surface area (Å²) in [5, 5.41) is 36.4. The van der Waals surface area contributed by atoms with Crippen molar-refractivity contribution in [1.82, 2.24) is 104 Å². The number of pyridine rings is 2. The third-order valence-electron chi connectivity index (χ3n) is 12.1. The molecule has 12 rings (SSSR count). The Morgan fingerprint density at radius 1 is 0.263 bits per heavy atom. The Bertz CT molecular complexity index is 3420. The second-order valence-electron chi connectivity index (χ2n) is 19.1. The lowest BCUT2D eigenvalue weighted by molar-refractivity contribution is 0.595. The second kappa shape index (κ2) is 113. The summed E-state index contributed by atoms with van der Waals surface area (Å²) in [4.78, 5) is 25.7. The molecule has 0 fully saturated rings. The van der Waals surface area contributed by atoms with Crippen molar-refractivity contribution >= 4 is 66.6 Å². The lowest BCUT2D eigenvalue weighted by Gasteiger charge is -2.01. The molecule has 12 aromatic rings. The van der Waals surface area contributed by atoms with Crippen LogP contribution in [0.4, 0.5) is 0 Å². The van der Waals surface area contributed by atoms with Crippen molar-refractivity contribution in [1.29, 1.82) is 0 Å². The van der Waals surface area contributed by atoms with Crippen molar-refractivity contribution in [2.24, 2.45) is 0 Å². The first-order chi connectivity index (χ1) is 54.9. The van der Waals surface area contributed by atoms with E-state index in [1.54, 1.807) is 0 Å². The van der Waals surface area contributed by atoms with Crippen LogP contribution < -0.4 is 0 Å². The number of hydrogen-bond donors (Lipinski definition) is 0. The molecule has 0 radical (unpaired) electrons. The standard InChI is InChI=1S/3C10H13N3.3C9H12N4.17C2H6.6CH4.6H2/c1-3-5-13-6-4-9-10(13)7-11-8(2)12-9;1-3-5-13-6-4-9-10(13)7-8(2)11-12-9;1-3-4-13-10-5-8(2)6-11-9(10)7-12-13;1-3-5-13-6-4-8-9(13)10-7(2)11-12-8;1-3-5-13-6-4-8-9(13)12-11-7(2)10-8;1-3-4-13-8-5-7(2)6-10-9(8)11-12-13;17*1-2;;;;;;;;;;;;/h2*4,6-7H,3,5H2,1-2H3;5-7H,3-4H2,1-2H3;2*4,6H,3,5H2,1-2H3;5-6H,3-4H2,1-2H3;17*1-2H3;6*1H4;6*1H/i;;;;;;;;;;;;;;;;;;;;;;;;;;;;;6*1+1. The first-order valence-corrected chi connectivity index (χ1v) is 44.2. The zero-order chi connectivity index (χ0) is 89.6. The van der Waals surface area contributed by atoms with Gasteiger partial charge in [0.25, 0.3) is 0 Å². The Morgan fingerprint density at radius 2 is 0.619 bits per heavy atom. The molecule has 0 spiro atoms. The van der Waals surface area contributed by atoms with E-state index in [-0.39, 0.29) is 53.1 Å². The van der Waals surface area contributed by atoms with Gasteiger partial charge in [-0.05, 0) is 134 Å². The van der Waals surface area contributed by atoms with Gasteiger partial charge in [0.1, 0.15) is 45.1 Å². The predicted molar refractivity (Wildman–Crippen MR) is 555 cm³/mol. The minimum Gasteiger partial charge on any atom is -0.346 e. The van der Waals surface area contributed by atoms with Crippen LogP contribution >= 0.6 is 0 Å². The molecule has 12 heterocycles. The quantitative estimate of drug-likeness (QED) is 0.111. The Kier molecular flexibility index (Phi) is 144. The van der Waals surface area contributed by atoms with Gasteiger partial charge in [0.2, 0.25) is 5.65 Å². The molecule has 0 atom stereocenters. The summed E-state index contributed by atoms with van der Waals surface area (Å²) in [6.45, 7) is 98.5. The van der Waals surface area contributed by atoms with E-state index in [4.69, 9.17) is 0 Å². The average Bonchev–Trinajstić information content (AvgIpc) is 1.73. The maximum Gasteiger partial charge on any atom is 0.201 e. The van der Waals surface area contributed by atoms with Crippen LogP contribution in [0.2, 0.25) is 0 Å². The van der Waals surface area contributed by atoms with Crippen LogP contribution in [0.1, 0.15) is 403 Å². The maximum absolute atomic E-state index is 4.35. The molecular formula is C97H213N21. The van der Waals surface area contributed by atoms with E-state index >= 15 is 0 Å². The van der Waals surface area contributed by atoms with Crippen molar-refractivity contribution in [2.45, 2.75) is 441 Å². The number of aryl methyl sites for hydroxylation is 12. The topological polar surface area (TPSA) is 223 Å². The van der Waals surface area contributed by atoms with Crippen molar-refractivity contribution in [3.05, 3.63) is 126 Å². The van der Waals surface area contributed by atoms with E-state index in [1.165, 1.54) is 11.1 Å². The van der Waals surface area contributed by atoms with Gasteiger partial charge in [0.05, 0.1) is 40.2 Å². The van der Waals surface area contributed by atoms with Gasteiger partial charge in [-0.2, -0.15) is 10.2 Å². The molecule has 0 saturated heterocycles. The summed E-state index contributed by atoms with van der Waals surface area (Å²) in [5.74, 6) is 2.28. The number of aromatic nitrogens is 21. The summed E-state index contributed by atoms with van der Waals surface area (Å²) in [6.07, 6.45) is 22.2. The molecule has 0 aromatic carbocycles. The minimum absolute atomic E-state index is 0. The molecule has 0 unspecified atom stereocenters. The van der Waals surface area contributed by atoms with Gasteiger partial charge in [-0.1, -0.05) is 327 Å². The molecule has 21 nitrogen and oxygen atoms in total. The van der Waals surface area contributed by atoms with Crippen molar-refractivity contribution in [2.75, 3.05) is 0 Å². The van der Waals surface area contributed by atoms with Crippen LogP contribution in [0.15, 0.2) is 92.0 Å². The van der Waals surface area contributed by atoms with Crippen LogP contribution in [0.5, 0.6) is 0 Å². The summed E-state index contributed by atoms with van der Waals surface area (Å²) >= 11 is 0. The van der Waals surface area contributed by atoms with Gasteiger partial charge in [0, 0.05) is 85.0 Å². The second-order valence-corrected chi connectivity index (χ2v) is 19.1. The summed E-state index contributed by atoms with van der Waals surface area (Å²) in [7, 11) is 0.